The predicted octanol–water partition coefficient (Wildman–Crippen LogP) is 2.96. The Morgan fingerprint density at radius 1 is 1.25 bits per heavy atom. The summed E-state index contributed by atoms with van der Waals surface area (Å²) in [5.41, 5.74) is -0.157. The van der Waals surface area contributed by atoms with E-state index < -0.39 is 17.5 Å². The molecule has 1 aromatic carbocycles. The van der Waals surface area contributed by atoms with E-state index in [1.54, 1.807) is 39.0 Å². The van der Waals surface area contributed by atoms with Crippen molar-refractivity contribution < 1.29 is 23.8 Å². The average Bonchev–Trinajstić information content (AvgIpc) is 2.34. The zero-order valence-electron chi connectivity index (χ0n) is 11.9. The minimum absolute atomic E-state index is 0.201. The molecule has 6 heteroatoms. The van der Waals surface area contributed by atoms with Gasteiger partial charge in [0.1, 0.15) is 11.4 Å². The van der Waals surface area contributed by atoms with Crippen LogP contribution in [0.3, 0.4) is 0 Å². The quantitative estimate of drug-likeness (QED) is 0.785. The van der Waals surface area contributed by atoms with Gasteiger partial charge in [0.2, 0.25) is 0 Å². The molecule has 0 saturated heterocycles. The lowest BCUT2D eigenvalue weighted by molar-refractivity contribution is -0.157. The molecule has 0 aliphatic rings. The normalized spacial score (nSPS) is 10.8. The second kappa shape index (κ2) is 6.74. The summed E-state index contributed by atoms with van der Waals surface area (Å²) in [4.78, 5) is 22.9. The Balaban J connectivity index is 2.66. The van der Waals surface area contributed by atoms with E-state index in [1.807, 2.05) is 0 Å². The highest BCUT2D eigenvalue weighted by Gasteiger charge is 2.17. The van der Waals surface area contributed by atoms with Crippen molar-refractivity contribution in [2.45, 2.75) is 26.4 Å². The molecule has 0 N–H and O–H groups in total. The Hall–Kier alpha value is -1.56. The van der Waals surface area contributed by atoms with Crippen molar-refractivity contribution in [3.63, 3.8) is 0 Å². The summed E-state index contributed by atoms with van der Waals surface area (Å²) >= 11 is 3.27. The van der Waals surface area contributed by atoms with Crippen LogP contribution in [0.5, 0.6) is 5.75 Å². The van der Waals surface area contributed by atoms with Gasteiger partial charge in [0.25, 0.3) is 0 Å². The third-order valence-electron chi connectivity index (χ3n) is 2.12. The van der Waals surface area contributed by atoms with Crippen molar-refractivity contribution in [2.24, 2.45) is 0 Å². The minimum atomic E-state index is -0.549. The van der Waals surface area contributed by atoms with Gasteiger partial charge in [0.05, 0.1) is 17.1 Å². The summed E-state index contributed by atoms with van der Waals surface area (Å²) in [7, 11) is 1.31. The van der Waals surface area contributed by atoms with Gasteiger partial charge in [0, 0.05) is 0 Å². The fourth-order valence-electron chi connectivity index (χ4n) is 1.37. The van der Waals surface area contributed by atoms with E-state index in [1.165, 1.54) is 7.11 Å². The average molecular weight is 345 g/mol. The summed E-state index contributed by atoms with van der Waals surface area (Å²) in [5.74, 6) is -0.450. The third-order valence-corrected chi connectivity index (χ3v) is 2.74. The van der Waals surface area contributed by atoms with E-state index in [2.05, 4.69) is 20.7 Å². The molecule has 0 heterocycles. The van der Waals surface area contributed by atoms with Crippen molar-refractivity contribution in [3.05, 3.63) is 28.2 Å². The number of esters is 2. The minimum Gasteiger partial charge on any atom is -0.481 e. The fourth-order valence-corrected chi connectivity index (χ4v) is 1.86. The monoisotopic (exact) mass is 344 g/mol. The molecule has 110 valence electrons. The zero-order valence-corrected chi connectivity index (χ0v) is 13.4. The standard InChI is InChI=1S/C14H17BrO5/c1-14(2,3)20-12(16)8-19-11-6-5-9(7-10(11)15)13(17)18-4/h5-7H,8H2,1-4H3. The van der Waals surface area contributed by atoms with Gasteiger partial charge in [0.15, 0.2) is 6.61 Å². The van der Waals surface area contributed by atoms with E-state index in [0.29, 0.717) is 15.8 Å². The van der Waals surface area contributed by atoms with Crippen LogP contribution in [-0.2, 0) is 14.3 Å². The first-order valence-corrected chi connectivity index (χ1v) is 6.75. The van der Waals surface area contributed by atoms with Gasteiger partial charge in [-0.25, -0.2) is 9.59 Å². The summed E-state index contributed by atoms with van der Waals surface area (Å²) in [5, 5.41) is 0. The highest BCUT2D eigenvalue weighted by Crippen LogP contribution is 2.26. The van der Waals surface area contributed by atoms with Crippen LogP contribution in [0.4, 0.5) is 0 Å². The molecule has 1 rings (SSSR count). The number of hydrogen-bond donors (Lipinski definition) is 0. The lowest BCUT2D eigenvalue weighted by Crippen LogP contribution is -2.27. The van der Waals surface area contributed by atoms with E-state index in [0.717, 1.165) is 0 Å². The molecular formula is C14H17BrO5. The molecule has 0 aliphatic heterocycles. The lowest BCUT2D eigenvalue weighted by atomic mass is 10.2. The number of carbonyl (C=O) groups excluding carboxylic acids is 2. The SMILES string of the molecule is COC(=O)c1ccc(OCC(=O)OC(C)(C)C)c(Br)c1. The number of halogens is 1. The molecule has 0 spiro atoms. The topological polar surface area (TPSA) is 61.8 Å². The molecule has 1 aromatic rings. The second-order valence-electron chi connectivity index (χ2n) is 5.01. The first-order valence-electron chi connectivity index (χ1n) is 5.95. The molecule has 0 saturated carbocycles. The van der Waals surface area contributed by atoms with Crippen LogP contribution in [-0.4, -0.2) is 31.3 Å². The van der Waals surface area contributed by atoms with Crippen molar-refractivity contribution in [2.75, 3.05) is 13.7 Å². The maximum absolute atomic E-state index is 11.5. The molecule has 0 aliphatic carbocycles. The number of methoxy groups -OCH3 is 1. The molecule has 0 atom stereocenters. The van der Waals surface area contributed by atoms with Crippen LogP contribution in [0, 0.1) is 0 Å². The summed E-state index contributed by atoms with van der Waals surface area (Å²) in [6.45, 7) is 5.15. The predicted molar refractivity (Wildman–Crippen MR) is 76.8 cm³/mol. The molecule has 5 nitrogen and oxygen atoms in total. The zero-order chi connectivity index (χ0) is 15.3. The largest absolute Gasteiger partial charge is 0.481 e. The molecule has 0 radical (unpaired) electrons. The summed E-state index contributed by atoms with van der Waals surface area (Å²) < 4.78 is 15.6. The maximum Gasteiger partial charge on any atom is 0.344 e. The number of ether oxygens (including phenoxy) is 3. The molecule has 0 unspecified atom stereocenters. The number of hydrogen-bond acceptors (Lipinski definition) is 5. The van der Waals surface area contributed by atoms with Crippen LogP contribution in [0.25, 0.3) is 0 Å². The Kier molecular flexibility index (Phi) is 5.56. The Bertz CT molecular complexity index is 505. The smallest absolute Gasteiger partial charge is 0.344 e. The van der Waals surface area contributed by atoms with E-state index in [9.17, 15) is 9.59 Å². The molecule has 20 heavy (non-hydrogen) atoms. The van der Waals surface area contributed by atoms with Crippen molar-refractivity contribution in [1.29, 1.82) is 0 Å². The van der Waals surface area contributed by atoms with Crippen LogP contribution < -0.4 is 4.74 Å². The van der Waals surface area contributed by atoms with Gasteiger partial charge in [-0.3, -0.25) is 0 Å². The van der Waals surface area contributed by atoms with Gasteiger partial charge in [-0.1, -0.05) is 0 Å². The van der Waals surface area contributed by atoms with Gasteiger partial charge in [-0.15, -0.1) is 0 Å². The molecule has 0 amide bonds. The molecule has 0 bridgehead atoms. The first kappa shape index (κ1) is 16.5. The van der Waals surface area contributed by atoms with Crippen LogP contribution in [0.2, 0.25) is 0 Å². The van der Waals surface area contributed by atoms with Crippen molar-refractivity contribution >= 4 is 27.9 Å². The lowest BCUT2D eigenvalue weighted by Gasteiger charge is -2.19. The Labute approximate surface area is 126 Å². The second-order valence-corrected chi connectivity index (χ2v) is 5.87. The van der Waals surface area contributed by atoms with Crippen LogP contribution >= 0.6 is 15.9 Å². The van der Waals surface area contributed by atoms with Gasteiger partial charge >= 0.3 is 11.9 Å². The maximum atomic E-state index is 11.5. The third kappa shape index (κ3) is 5.21. The van der Waals surface area contributed by atoms with E-state index >= 15 is 0 Å². The Morgan fingerprint density at radius 3 is 2.40 bits per heavy atom. The Morgan fingerprint density at radius 2 is 1.90 bits per heavy atom. The van der Waals surface area contributed by atoms with Crippen LogP contribution in [0.1, 0.15) is 31.1 Å². The number of benzene rings is 1. The van der Waals surface area contributed by atoms with Gasteiger partial charge in [-0.05, 0) is 54.9 Å². The fraction of sp³-hybridized carbons (Fsp3) is 0.429. The van der Waals surface area contributed by atoms with Crippen molar-refractivity contribution in [1.82, 2.24) is 0 Å². The highest BCUT2D eigenvalue weighted by molar-refractivity contribution is 9.10. The summed E-state index contributed by atoms with van der Waals surface area (Å²) in [6, 6.07) is 4.71. The first-order chi connectivity index (χ1) is 9.23. The molecule has 0 aromatic heterocycles. The van der Waals surface area contributed by atoms with Crippen molar-refractivity contribution in [3.8, 4) is 5.75 Å². The molecule has 0 fully saturated rings. The van der Waals surface area contributed by atoms with Gasteiger partial charge < -0.3 is 14.2 Å². The van der Waals surface area contributed by atoms with E-state index in [4.69, 9.17) is 9.47 Å². The van der Waals surface area contributed by atoms with E-state index in [-0.39, 0.29) is 6.61 Å². The number of carbonyl (C=O) groups is 2. The highest BCUT2D eigenvalue weighted by atomic mass is 79.9. The number of rotatable bonds is 4. The summed E-state index contributed by atoms with van der Waals surface area (Å²) in [6.07, 6.45) is 0. The molecular weight excluding hydrogens is 328 g/mol. The van der Waals surface area contributed by atoms with Crippen LogP contribution in [0.15, 0.2) is 22.7 Å². The van der Waals surface area contributed by atoms with Gasteiger partial charge in [-0.2, -0.15) is 0 Å².